The van der Waals surface area contributed by atoms with E-state index in [4.69, 9.17) is 0 Å². The van der Waals surface area contributed by atoms with Gasteiger partial charge in [-0.15, -0.1) is 0 Å². The number of anilines is 2. The zero-order valence-electron chi connectivity index (χ0n) is 17.2. The number of rotatable bonds is 2. The molecule has 0 unspecified atom stereocenters. The van der Waals surface area contributed by atoms with Gasteiger partial charge in [0.25, 0.3) is 0 Å². The van der Waals surface area contributed by atoms with Crippen LogP contribution in [0.2, 0.25) is 0 Å². The molecule has 1 fully saturated rings. The van der Waals surface area contributed by atoms with E-state index >= 15 is 0 Å². The Morgan fingerprint density at radius 1 is 0.692 bits per heavy atom. The lowest BCUT2D eigenvalue weighted by molar-refractivity contribution is 1.01. The molecule has 0 atom stereocenters. The maximum absolute atomic E-state index is 3.52. The molecule has 0 N–H and O–H groups in total. The molecular weight excluding hydrogens is 316 g/mol. The average molecular weight is 347 g/mol. The Morgan fingerprint density at radius 2 is 1.04 bits per heavy atom. The van der Waals surface area contributed by atoms with Crippen molar-refractivity contribution < 1.29 is 0 Å². The average Bonchev–Trinajstić information content (AvgIpc) is 2.89. The fraction of sp³-hybridized carbons (Fsp3) is 0.375. The van der Waals surface area contributed by atoms with Crippen LogP contribution in [-0.4, -0.2) is 13.1 Å². The highest BCUT2D eigenvalue weighted by molar-refractivity contribution is 5.72. The second-order valence-corrected chi connectivity index (χ2v) is 7.55. The van der Waals surface area contributed by atoms with Crippen molar-refractivity contribution in [1.82, 2.24) is 0 Å². The zero-order chi connectivity index (χ0) is 19.0. The van der Waals surface area contributed by atoms with E-state index in [0.29, 0.717) is 0 Å². The van der Waals surface area contributed by atoms with Crippen LogP contribution in [0.1, 0.15) is 40.3 Å². The summed E-state index contributed by atoms with van der Waals surface area (Å²) in [5, 5.41) is 0. The molecule has 2 heteroatoms. The standard InChI is InChI=1S/C24H30N2/c1-8-9-22-25(23-18(4)12-16(2)13-19(23)5)10-11-26(22)24-20(6)14-17(3)15-21(24)7/h8,12-15H,10-11H2,1-7H3. The van der Waals surface area contributed by atoms with Crippen molar-refractivity contribution in [3.63, 3.8) is 0 Å². The van der Waals surface area contributed by atoms with Crippen LogP contribution in [0.4, 0.5) is 11.4 Å². The SMILES string of the molecule is CC=C=C1N(c2c(C)cc(C)cc2C)CCN1c1c(C)cc(C)cc1C. The fourth-order valence-electron chi connectivity index (χ4n) is 4.47. The molecule has 1 heterocycles. The lowest BCUT2D eigenvalue weighted by atomic mass is 10.0. The summed E-state index contributed by atoms with van der Waals surface area (Å²) in [5.74, 6) is 1.15. The summed E-state index contributed by atoms with van der Waals surface area (Å²) >= 11 is 0. The van der Waals surface area contributed by atoms with Gasteiger partial charge in [-0.05, 0) is 76.8 Å². The summed E-state index contributed by atoms with van der Waals surface area (Å²) < 4.78 is 0. The zero-order valence-corrected chi connectivity index (χ0v) is 17.2. The van der Waals surface area contributed by atoms with Gasteiger partial charge in [0, 0.05) is 24.5 Å². The molecule has 0 aliphatic carbocycles. The largest absolute Gasteiger partial charge is 0.319 e. The van der Waals surface area contributed by atoms with Crippen LogP contribution in [0.3, 0.4) is 0 Å². The summed E-state index contributed by atoms with van der Waals surface area (Å²) in [6.07, 6.45) is 2.03. The third-order valence-electron chi connectivity index (χ3n) is 5.14. The van der Waals surface area contributed by atoms with Crippen molar-refractivity contribution in [2.24, 2.45) is 0 Å². The first-order chi connectivity index (χ1) is 12.3. The van der Waals surface area contributed by atoms with Crippen molar-refractivity contribution >= 4 is 11.4 Å². The van der Waals surface area contributed by atoms with Crippen molar-refractivity contribution in [3.05, 3.63) is 75.3 Å². The van der Waals surface area contributed by atoms with Crippen LogP contribution >= 0.6 is 0 Å². The number of nitrogens with zero attached hydrogens (tertiary/aromatic N) is 2. The molecule has 0 saturated carbocycles. The Kier molecular flexibility index (Phi) is 4.98. The minimum absolute atomic E-state index is 0.980. The minimum atomic E-state index is 0.980. The summed E-state index contributed by atoms with van der Waals surface area (Å²) in [4.78, 5) is 4.87. The van der Waals surface area contributed by atoms with E-state index in [1.165, 1.54) is 44.8 Å². The van der Waals surface area contributed by atoms with Crippen molar-refractivity contribution in [1.29, 1.82) is 0 Å². The van der Waals surface area contributed by atoms with Gasteiger partial charge < -0.3 is 9.80 Å². The molecule has 3 rings (SSSR count). The second kappa shape index (κ2) is 7.05. The molecule has 0 amide bonds. The first kappa shape index (κ1) is 18.4. The molecule has 0 bridgehead atoms. The Balaban J connectivity index is 2.13. The van der Waals surface area contributed by atoms with Crippen LogP contribution < -0.4 is 9.80 Å². The van der Waals surface area contributed by atoms with Crippen molar-refractivity contribution in [2.75, 3.05) is 22.9 Å². The van der Waals surface area contributed by atoms with Gasteiger partial charge in [-0.3, -0.25) is 0 Å². The van der Waals surface area contributed by atoms with E-state index in [9.17, 15) is 0 Å². The second-order valence-electron chi connectivity index (χ2n) is 7.55. The highest BCUT2D eigenvalue weighted by Crippen LogP contribution is 2.37. The van der Waals surface area contributed by atoms with E-state index in [1.807, 2.05) is 13.0 Å². The van der Waals surface area contributed by atoms with Crippen LogP contribution in [-0.2, 0) is 0 Å². The van der Waals surface area contributed by atoms with E-state index < -0.39 is 0 Å². The molecule has 0 spiro atoms. The summed E-state index contributed by atoms with van der Waals surface area (Å²) in [5.41, 5.74) is 14.1. The number of hydrogen-bond donors (Lipinski definition) is 0. The lowest BCUT2D eigenvalue weighted by Crippen LogP contribution is -2.24. The summed E-state index contributed by atoms with van der Waals surface area (Å²) in [6, 6.07) is 9.11. The Bertz CT molecular complexity index is 800. The van der Waals surface area contributed by atoms with E-state index in [2.05, 4.69) is 81.3 Å². The van der Waals surface area contributed by atoms with Crippen LogP contribution in [0.15, 0.2) is 41.9 Å². The van der Waals surface area contributed by atoms with Gasteiger partial charge in [0.2, 0.25) is 0 Å². The molecular formula is C24H30N2. The number of aryl methyl sites for hydroxylation is 6. The number of allylic oxidation sites excluding steroid dienone is 1. The predicted octanol–water partition coefficient (Wildman–Crippen LogP) is 5.88. The quantitative estimate of drug-likeness (QED) is 0.627. The van der Waals surface area contributed by atoms with Gasteiger partial charge >= 0.3 is 0 Å². The Hall–Kier alpha value is -2.44. The van der Waals surface area contributed by atoms with Gasteiger partial charge in [0.05, 0.1) is 0 Å². The molecule has 0 aromatic heterocycles. The molecule has 26 heavy (non-hydrogen) atoms. The predicted molar refractivity (Wildman–Crippen MR) is 113 cm³/mol. The molecule has 136 valence electrons. The number of hydrogen-bond acceptors (Lipinski definition) is 2. The number of benzene rings is 2. The summed E-state index contributed by atoms with van der Waals surface area (Å²) in [7, 11) is 0. The van der Waals surface area contributed by atoms with Gasteiger partial charge in [0.15, 0.2) is 5.82 Å². The first-order valence-corrected chi connectivity index (χ1v) is 9.45. The normalized spacial score (nSPS) is 14.0. The van der Waals surface area contributed by atoms with E-state index in [0.717, 1.165) is 18.9 Å². The molecule has 0 radical (unpaired) electrons. The van der Waals surface area contributed by atoms with E-state index in [1.54, 1.807) is 0 Å². The molecule has 1 aliphatic rings. The molecule has 2 nitrogen and oxygen atoms in total. The molecule has 1 saturated heterocycles. The van der Waals surface area contributed by atoms with Gasteiger partial charge in [0.1, 0.15) is 0 Å². The maximum atomic E-state index is 3.52. The topological polar surface area (TPSA) is 6.48 Å². The third kappa shape index (κ3) is 3.18. The van der Waals surface area contributed by atoms with Crippen molar-refractivity contribution in [3.8, 4) is 0 Å². The van der Waals surface area contributed by atoms with E-state index in [-0.39, 0.29) is 0 Å². The highest BCUT2D eigenvalue weighted by Gasteiger charge is 2.30. The van der Waals surface area contributed by atoms with Crippen LogP contribution in [0.5, 0.6) is 0 Å². The van der Waals surface area contributed by atoms with Gasteiger partial charge in [-0.2, -0.15) is 0 Å². The van der Waals surface area contributed by atoms with Crippen LogP contribution in [0.25, 0.3) is 0 Å². The Morgan fingerprint density at radius 3 is 1.35 bits per heavy atom. The fourth-order valence-corrected chi connectivity index (χ4v) is 4.47. The first-order valence-electron chi connectivity index (χ1n) is 9.45. The molecule has 2 aromatic carbocycles. The lowest BCUT2D eigenvalue weighted by Gasteiger charge is -2.28. The third-order valence-corrected chi connectivity index (χ3v) is 5.14. The summed E-state index contributed by atoms with van der Waals surface area (Å²) in [6.45, 7) is 17.2. The Labute approximate surface area is 158 Å². The highest BCUT2D eigenvalue weighted by atomic mass is 15.4. The smallest absolute Gasteiger partial charge is 0.158 e. The van der Waals surface area contributed by atoms with Crippen molar-refractivity contribution in [2.45, 2.75) is 48.5 Å². The van der Waals surface area contributed by atoms with Gasteiger partial charge in [-0.25, -0.2) is 0 Å². The monoisotopic (exact) mass is 346 g/mol. The maximum Gasteiger partial charge on any atom is 0.158 e. The van der Waals surface area contributed by atoms with Gasteiger partial charge in [-0.1, -0.05) is 41.1 Å². The molecule has 2 aromatic rings. The molecule has 1 aliphatic heterocycles. The van der Waals surface area contributed by atoms with Crippen LogP contribution in [0, 0.1) is 41.5 Å². The minimum Gasteiger partial charge on any atom is -0.319 e.